The predicted molar refractivity (Wildman–Crippen MR) is 136 cm³/mol. The Hall–Kier alpha value is -3.53. The predicted octanol–water partition coefficient (Wildman–Crippen LogP) is 3.93. The summed E-state index contributed by atoms with van der Waals surface area (Å²) in [5.74, 6) is -1.60. The molecule has 9 nitrogen and oxygen atoms in total. The number of hydrogen-bond acceptors (Lipinski definition) is 7. The Morgan fingerprint density at radius 2 is 1.89 bits per heavy atom. The van der Waals surface area contributed by atoms with Crippen LogP contribution in [0, 0.1) is 5.92 Å². The highest BCUT2D eigenvalue weighted by molar-refractivity contribution is 7.98. The van der Waals surface area contributed by atoms with E-state index >= 15 is 0 Å². The van der Waals surface area contributed by atoms with Crippen LogP contribution in [0.25, 0.3) is 16.9 Å². The SMILES string of the molecule is CCOC(=O)CNc1c(-c2ccc(SC)cc2)nc2cc(C(=O)NC(C(=O)O)C(C)CC)ccn12. The minimum absolute atomic E-state index is 0.0467. The fourth-order valence-corrected chi connectivity index (χ4v) is 3.99. The number of rotatable bonds is 11. The van der Waals surface area contributed by atoms with E-state index in [1.807, 2.05) is 37.4 Å². The van der Waals surface area contributed by atoms with Gasteiger partial charge in [-0.1, -0.05) is 32.4 Å². The van der Waals surface area contributed by atoms with Gasteiger partial charge in [-0.3, -0.25) is 14.0 Å². The van der Waals surface area contributed by atoms with E-state index < -0.39 is 23.9 Å². The molecule has 0 aliphatic heterocycles. The highest BCUT2D eigenvalue weighted by Gasteiger charge is 2.26. The molecule has 2 heterocycles. The lowest BCUT2D eigenvalue weighted by atomic mass is 9.99. The summed E-state index contributed by atoms with van der Waals surface area (Å²) >= 11 is 1.63. The third-order valence-electron chi connectivity index (χ3n) is 5.72. The number of esters is 1. The number of carboxylic acid groups (broad SMARTS) is 1. The number of thioether (sulfide) groups is 1. The summed E-state index contributed by atoms with van der Waals surface area (Å²) in [6.45, 7) is 5.64. The number of amides is 1. The Morgan fingerprint density at radius 1 is 1.17 bits per heavy atom. The Labute approximate surface area is 208 Å². The largest absolute Gasteiger partial charge is 0.480 e. The first-order valence-electron chi connectivity index (χ1n) is 11.4. The molecule has 0 saturated heterocycles. The second-order valence-corrected chi connectivity index (χ2v) is 8.89. The lowest BCUT2D eigenvalue weighted by molar-refractivity contribution is -0.141. The number of anilines is 1. The molecule has 0 bridgehead atoms. The average molecular weight is 499 g/mol. The minimum atomic E-state index is -1.07. The zero-order valence-corrected chi connectivity index (χ0v) is 21.0. The molecule has 0 aliphatic rings. The van der Waals surface area contributed by atoms with Gasteiger partial charge < -0.3 is 20.5 Å². The molecule has 186 valence electrons. The van der Waals surface area contributed by atoms with Gasteiger partial charge in [0.2, 0.25) is 0 Å². The van der Waals surface area contributed by atoms with Crippen LogP contribution in [0.1, 0.15) is 37.6 Å². The molecule has 0 radical (unpaired) electrons. The van der Waals surface area contributed by atoms with Crippen molar-refractivity contribution in [1.29, 1.82) is 0 Å². The smallest absolute Gasteiger partial charge is 0.326 e. The molecule has 3 aromatic rings. The normalized spacial score (nSPS) is 12.7. The molecule has 10 heteroatoms. The number of carbonyl (C=O) groups is 3. The number of pyridine rings is 1. The van der Waals surface area contributed by atoms with Crippen molar-refractivity contribution < 1.29 is 24.2 Å². The van der Waals surface area contributed by atoms with Crippen molar-refractivity contribution in [2.75, 3.05) is 24.7 Å². The number of carboxylic acids is 1. The van der Waals surface area contributed by atoms with Crippen molar-refractivity contribution in [3.63, 3.8) is 0 Å². The quantitative estimate of drug-likeness (QED) is 0.269. The van der Waals surface area contributed by atoms with Crippen molar-refractivity contribution in [2.24, 2.45) is 5.92 Å². The van der Waals surface area contributed by atoms with Gasteiger partial charge in [-0.15, -0.1) is 11.8 Å². The Kier molecular flexibility index (Phi) is 8.75. The summed E-state index contributed by atoms with van der Waals surface area (Å²) in [5.41, 5.74) is 2.22. The van der Waals surface area contributed by atoms with Crippen LogP contribution in [0.3, 0.4) is 0 Å². The van der Waals surface area contributed by atoms with Gasteiger partial charge >= 0.3 is 11.9 Å². The summed E-state index contributed by atoms with van der Waals surface area (Å²) < 4.78 is 6.78. The molecule has 2 atom stereocenters. The van der Waals surface area contributed by atoms with Gasteiger partial charge in [-0.25, -0.2) is 9.78 Å². The first-order valence-corrected chi connectivity index (χ1v) is 12.6. The van der Waals surface area contributed by atoms with Crippen molar-refractivity contribution in [1.82, 2.24) is 14.7 Å². The number of aromatic nitrogens is 2. The van der Waals surface area contributed by atoms with Crippen LogP contribution in [-0.4, -0.2) is 57.8 Å². The molecule has 1 aromatic carbocycles. The average Bonchev–Trinajstić information content (AvgIpc) is 3.23. The zero-order valence-electron chi connectivity index (χ0n) is 20.2. The maximum Gasteiger partial charge on any atom is 0.326 e. The Morgan fingerprint density at radius 3 is 2.49 bits per heavy atom. The van der Waals surface area contributed by atoms with Crippen LogP contribution in [0.4, 0.5) is 5.82 Å². The molecule has 0 aliphatic carbocycles. The standard InChI is InChI=1S/C25H30N4O5S/c1-5-15(3)21(25(32)33)28-24(31)17-11-12-29-19(13-17)27-22(16-7-9-18(35-4)10-8-16)23(29)26-14-20(30)34-6-2/h7-13,15,21,26H,5-6,14H2,1-4H3,(H,28,31)(H,32,33). The number of carbonyl (C=O) groups excluding carboxylic acids is 2. The summed E-state index contributed by atoms with van der Waals surface area (Å²) in [4.78, 5) is 42.3. The van der Waals surface area contributed by atoms with Gasteiger partial charge in [0.1, 0.15) is 29.7 Å². The molecular formula is C25H30N4O5S. The number of ether oxygens (including phenoxy) is 1. The lowest BCUT2D eigenvalue weighted by Crippen LogP contribution is -2.45. The second-order valence-electron chi connectivity index (χ2n) is 8.01. The van der Waals surface area contributed by atoms with Crippen LogP contribution in [0.2, 0.25) is 0 Å². The van der Waals surface area contributed by atoms with Crippen molar-refractivity contribution in [3.8, 4) is 11.3 Å². The highest BCUT2D eigenvalue weighted by Crippen LogP contribution is 2.30. The van der Waals surface area contributed by atoms with Gasteiger partial charge in [-0.2, -0.15) is 0 Å². The molecule has 0 spiro atoms. The summed E-state index contributed by atoms with van der Waals surface area (Å²) in [5, 5.41) is 15.2. The van der Waals surface area contributed by atoms with Crippen molar-refractivity contribution in [3.05, 3.63) is 48.2 Å². The number of fused-ring (bicyclic) bond motifs is 1. The van der Waals surface area contributed by atoms with Crippen LogP contribution < -0.4 is 10.6 Å². The van der Waals surface area contributed by atoms with Gasteiger partial charge in [0.25, 0.3) is 5.91 Å². The second kappa shape index (κ2) is 11.7. The first kappa shape index (κ1) is 26.1. The monoisotopic (exact) mass is 498 g/mol. The molecule has 35 heavy (non-hydrogen) atoms. The fourth-order valence-electron chi connectivity index (χ4n) is 3.58. The summed E-state index contributed by atoms with van der Waals surface area (Å²) in [6.07, 6.45) is 4.28. The van der Waals surface area contributed by atoms with E-state index in [2.05, 4.69) is 10.6 Å². The minimum Gasteiger partial charge on any atom is -0.480 e. The number of aliphatic carboxylic acids is 1. The van der Waals surface area contributed by atoms with E-state index in [-0.39, 0.29) is 19.1 Å². The van der Waals surface area contributed by atoms with Crippen LogP contribution in [0.15, 0.2) is 47.5 Å². The van der Waals surface area contributed by atoms with Gasteiger partial charge in [0.15, 0.2) is 0 Å². The van der Waals surface area contributed by atoms with Crippen LogP contribution in [0.5, 0.6) is 0 Å². The van der Waals surface area contributed by atoms with E-state index in [1.165, 1.54) is 0 Å². The van der Waals surface area contributed by atoms with Crippen LogP contribution >= 0.6 is 11.8 Å². The Balaban J connectivity index is 1.99. The third kappa shape index (κ3) is 6.13. The maximum absolute atomic E-state index is 12.9. The topological polar surface area (TPSA) is 122 Å². The molecule has 2 unspecified atom stereocenters. The maximum atomic E-state index is 12.9. The van der Waals surface area contributed by atoms with E-state index in [4.69, 9.17) is 9.72 Å². The fraction of sp³-hybridized carbons (Fsp3) is 0.360. The number of nitrogens with one attached hydrogen (secondary N) is 2. The summed E-state index contributed by atoms with van der Waals surface area (Å²) in [7, 11) is 0. The van der Waals surface area contributed by atoms with E-state index in [0.717, 1.165) is 10.5 Å². The van der Waals surface area contributed by atoms with Crippen LogP contribution in [-0.2, 0) is 14.3 Å². The third-order valence-corrected chi connectivity index (χ3v) is 6.47. The Bertz CT molecular complexity index is 1210. The number of hydrogen-bond donors (Lipinski definition) is 3. The molecule has 3 rings (SSSR count). The van der Waals surface area contributed by atoms with Crippen molar-refractivity contribution >= 4 is 41.1 Å². The number of imidazole rings is 1. The molecule has 0 fully saturated rings. The molecular weight excluding hydrogens is 468 g/mol. The molecule has 3 N–H and O–H groups in total. The van der Waals surface area contributed by atoms with Gasteiger partial charge in [0.05, 0.1) is 6.61 Å². The van der Waals surface area contributed by atoms with Gasteiger partial charge in [-0.05, 0) is 43.4 Å². The van der Waals surface area contributed by atoms with Gasteiger partial charge in [0, 0.05) is 22.2 Å². The number of benzene rings is 1. The molecule has 0 saturated carbocycles. The highest BCUT2D eigenvalue weighted by atomic mass is 32.2. The number of nitrogens with zero attached hydrogens (tertiary/aromatic N) is 2. The molecule has 1 amide bonds. The van der Waals surface area contributed by atoms with E-state index in [0.29, 0.717) is 29.1 Å². The van der Waals surface area contributed by atoms with E-state index in [1.54, 1.807) is 48.3 Å². The lowest BCUT2D eigenvalue weighted by Gasteiger charge is -2.20. The molecule has 2 aromatic heterocycles. The first-order chi connectivity index (χ1) is 16.8. The van der Waals surface area contributed by atoms with Crippen molar-refractivity contribution in [2.45, 2.75) is 38.1 Å². The summed E-state index contributed by atoms with van der Waals surface area (Å²) in [6, 6.07) is 10.1. The van der Waals surface area contributed by atoms with E-state index in [9.17, 15) is 19.5 Å². The zero-order chi connectivity index (χ0) is 25.5.